The summed E-state index contributed by atoms with van der Waals surface area (Å²) in [6.07, 6.45) is 0. The number of hydrogen-bond donors (Lipinski definition) is 1. The molecule has 6 heteroatoms. The van der Waals surface area contributed by atoms with Crippen molar-refractivity contribution in [3.8, 4) is 5.75 Å². The van der Waals surface area contributed by atoms with Crippen molar-refractivity contribution in [1.82, 2.24) is 0 Å². The van der Waals surface area contributed by atoms with Gasteiger partial charge in [0.1, 0.15) is 16.9 Å². The van der Waals surface area contributed by atoms with E-state index in [0.717, 1.165) is 16.7 Å². The van der Waals surface area contributed by atoms with Crippen molar-refractivity contribution in [2.75, 3.05) is 11.9 Å². The van der Waals surface area contributed by atoms with Crippen LogP contribution in [0, 0.1) is 20.8 Å². The third-order valence-electron chi connectivity index (χ3n) is 4.92. The molecule has 1 heterocycles. The summed E-state index contributed by atoms with van der Waals surface area (Å²) in [5, 5.41) is 4.14. The number of carbonyl (C=O) groups excluding carboxylic acids is 1. The Morgan fingerprint density at radius 2 is 1.73 bits per heavy atom. The van der Waals surface area contributed by atoms with Gasteiger partial charge >= 0.3 is 0 Å². The Morgan fingerprint density at radius 3 is 2.50 bits per heavy atom. The van der Waals surface area contributed by atoms with Gasteiger partial charge in [-0.15, -0.1) is 0 Å². The first-order valence-electron chi connectivity index (χ1n) is 9.48. The van der Waals surface area contributed by atoms with Crippen LogP contribution in [0.2, 0.25) is 5.02 Å². The molecule has 0 radical (unpaired) electrons. The van der Waals surface area contributed by atoms with Crippen LogP contribution in [0.4, 0.5) is 5.69 Å². The molecular weight excluding hydrogens is 402 g/mol. The van der Waals surface area contributed by atoms with Crippen molar-refractivity contribution in [1.29, 1.82) is 0 Å². The van der Waals surface area contributed by atoms with Crippen LogP contribution >= 0.6 is 11.6 Å². The minimum atomic E-state index is -0.305. The number of nitrogens with one attached hydrogen (secondary N) is 1. The second-order valence-corrected chi connectivity index (χ2v) is 7.75. The van der Waals surface area contributed by atoms with Crippen LogP contribution in [0.15, 0.2) is 57.7 Å². The van der Waals surface area contributed by atoms with Crippen molar-refractivity contribution in [3.63, 3.8) is 0 Å². The summed E-state index contributed by atoms with van der Waals surface area (Å²) in [5.41, 5.74) is 4.12. The summed E-state index contributed by atoms with van der Waals surface area (Å²) in [6, 6.07) is 14.1. The van der Waals surface area contributed by atoms with E-state index in [9.17, 15) is 9.59 Å². The highest BCUT2D eigenvalue weighted by Gasteiger charge is 2.12. The largest absolute Gasteiger partial charge is 0.483 e. The predicted molar refractivity (Wildman–Crippen MR) is 120 cm³/mol. The fourth-order valence-electron chi connectivity index (χ4n) is 3.35. The number of benzene rings is 3. The molecule has 1 N–H and O–H groups in total. The quantitative estimate of drug-likeness (QED) is 0.439. The average Bonchev–Trinajstić information content (AvgIpc) is 2.69. The van der Waals surface area contributed by atoms with Crippen LogP contribution in [-0.2, 0) is 4.79 Å². The summed E-state index contributed by atoms with van der Waals surface area (Å²) < 4.78 is 11.5. The molecular formula is C24H20ClNO4. The molecule has 0 spiro atoms. The fraction of sp³-hybridized carbons (Fsp3) is 0.167. The van der Waals surface area contributed by atoms with Crippen molar-refractivity contribution >= 4 is 45.1 Å². The highest BCUT2D eigenvalue weighted by Crippen LogP contribution is 2.26. The topological polar surface area (TPSA) is 68.5 Å². The van der Waals surface area contributed by atoms with E-state index in [1.165, 1.54) is 0 Å². The lowest BCUT2D eigenvalue weighted by Gasteiger charge is -2.11. The Balaban J connectivity index is 1.57. The van der Waals surface area contributed by atoms with E-state index in [2.05, 4.69) is 5.32 Å². The van der Waals surface area contributed by atoms with E-state index >= 15 is 0 Å². The first-order chi connectivity index (χ1) is 14.3. The predicted octanol–water partition coefficient (Wildman–Crippen LogP) is 5.54. The molecule has 0 unspecified atom stereocenters. The van der Waals surface area contributed by atoms with Gasteiger partial charge in [0.2, 0.25) is 5.43 Å². The van der Waals surface area contributed by atoms with Gasteiger partial charge in [0.05, 0.1) is 10.8 Å². The lowest BCUT2D eigenvalue weighted by molar-refractivity contribution is -0.118. The van der Waals surface area contributed by atoms with Crippen LogP contribution in [0.3, 0.4) is 0 Å². The van der Waals surface area contributed by atoms with Gasteiger partial charge < -0.3 is 14.5 Å². The first-order valence-corrected chi connectivity index (χ1v) is 9.86. The first kappa shape index (κ1) is 20.0. The highest BCUT2D eigenvalue weighted by molar-refractivity contribution is 6.32. The molecule has 152 valence electrons. The summed E-state index contributed by atoms with van der Waals surface area (Å²) in [7, 11) is 0. The zero-order chi connectivity index (χ0) is 21.4. The molecule has 4 rings (SSSR count). The van der Waals surface area contributed by atoms with Crippen molar-refractivity contribution < 1.29 is 13.9 Å². The van der Waals surface area contributed by atoms with Crippen LogP contribution in [0.5, 0.6) is 5.75 Å². The van der Waals surface area contributed by atoms with E-state index < -0.39 is 0 Å². The molecule has 1 amide bonds. The molecule has 30 heavy (non-hydrogen) atoms. The number of hydrogen-bond acceptors (Lipinski definition) is 4. The van der Waals surface area contributed by atoms with Crippen molar-refractivity contribution in [2.24, 2.45) is 0 Å². The number of ether oxygens (including phenoxy) is 1. The standard InChI is InChI=1S/C24H20ClNO4/c1-13-4-7-20(15(3)8-13)29-12-23(27)26-16-5-6-17-22(10-16)30-21-9-14(2)19(25)11-18(21)24(17)28/h4-11H,12H2,1-3H3,(H,26,27). The molecule has 0 saturated carbocycles. The van der Waals surface area contributed by atoms with E-state index in [-0.39, 0.29) is 17.9 Å². The van der Waals surface area contributed by atoms with Crippen LogP contribution in [0.1, 0.15) is 16.7 Å². The molecule has 0 aliphatic heterocycles. The third-order valence-corrected chi connectivity index (χ3v) is 5.33. The zero-order valence-electron chi connectivity index (χ0n) is 16.8. The molecule has 0 bridgehead atoms. The number of anilines is 1. The minimum Gasteiger partial charge on any atom is -0.483 e. The van der Waals surface area contributed by atoms with E-state index in [1.54, 1.807) is 30.3 Å². The maximum absolute atomic E-state index is 12.8. The normalized spacial score (nSPS) is 11.1. The van der Waals surface area contributed by atoms with Gasteiger partial charge in [-0.3, -0.25) is 9.59 Å². The van der Waals surface area contributed by atoms with Gasteiger partial charge in [-0.2, -0.15) is 0 Å². The van der Waals surface area contributed by atoms with Gasteiger partial charge in [0.15, 0.2) is 6.61 Å². The maximum atomic E-state index is 12.8. The van der Waals surface area contributed by atoms with Crippen LogP contribution < -0.4 is 15.5 Å². The molecule has 4 aromatic rings. The number of rotatable bonds is 4. The average molecular weight is 422 g/mol. The Morgan fingerprint density at radius 1 is 0.967 bits per heavy atom. The van der Waals surface area contributed by atoms with Crippen LogP contribution in [-0.4, -0.2) is 12.5 Å². The molecule has 0 saturated heterocycles. The number of aryl methyl sites for hydroxylation is 3. The third kappa shape index (κ3) is 3.89. The van der Waals surface area contributed by atoms with Crippen LogP contribution in [0.25, 0.3) is 21.9 Å². The minimum absolute atomic E-state index is 0.124. The highest BCUT2D eigenvalue weighted by atomic mass is 35.5. The Labute approximate surface area is 178 Å². The maximum Gasteiger partial charge on any atom is 0.262 e. The van der Waals surface area contributed by atoms with Gasteiger partial charge in [0.25, 0.3) is 5.91 Å². The number of amides is 1. The lowest BCUT2D eigenvalue weighted by atomic mass is 10.1. The summed E-state index contributed by atoms with van der Waals surface area (Å²) in [5.74, 6) is 0.362. The second-order valence-electron chi connectivity index (χ2n) is 7.35. The monoisotopic (exact) mass is 421 g/mol. The Hall–Kier alpha value is -3.31. The SMILES string of the molecule is Cc1ccc(OCC(=O)Nc2ccc3c(=O)c4cc(Cl)c(C)cc4oc3c2)c(C)c1. The molecule has 0 aliphatic carbocycles. The molecule has 5 nitrogen and oxygen atoms in total. The Kier molecular flexibility index (Phi) is 5.22. The summed E-state index contributed by atoms with van der Waals surface area (Å²) in [6.45, 7) is 5.66. The fourth-order valence-corrected chi connectivity index (χ4v) is 3.52. The Bertz CT molecular complexity index is 1360. The van der Waals surface area contributed by atoms with E-state index in [1.807, 2.05) is 39.0 Å². The molecule has 0 fully saturated rings. The summed E-state index contributed by atoms with van der Waals surface area (Å²) in [4.78, 5) is 25.1. The number of carbonyl (C=O) groups is 1. The van der Waals surface area contributed by atoms with Gasteiger partial charge in [-0.05, 0) is 62.2 Å². The van der Waals surface area contributed by atoms with Crippen molar-refractivity contribution in [3.05, 3.63) is 80.5 Å². The van der Waals surface area contributed by atoms with Gasteiger partial charge in [0, 0.05) is 16.8 Å². The van der Waals surface area contributed by atoms with Gasteiger partial charge in [-0.25, -0.2) is 0 Å². The second kappa shape index (κ2) is 7.84. The van der Waals surface area contributed by atoms with Crippen molar-refractivity contribution in [2.45, 2.75) is 20.8 Å². The van der Waals surface area contributed by atoms with Gasteiger partial charge in [-0.1, -0.05) is 29.3 Å². The van der Waals surface area contributed by atoms with E-state index in [4.69, 9.17) is 20.8 Å². The lowest BCUT2D eigenvalue weighted by Crippen LogP contribution is -2.20. The smallest absolute Gasteiger partial charge is 0.262 e. The molecule has 3 aromatic carbocycles. The van der Waals surface area contributed by atoms with E-state index in [0.29, 0.717) is 38.4 Å². The molecule has 1 aromatic heterocycles. The summed E-state index contributed by atoms with van der Waals surface area (Å²) >= 11 is 6.14. The number of halogens is 1. The zero-order valence-corrected chi connectivity index (χ0v) is 17.6. The number of fused-ring (bicyclic) bond motifs is 2. The molecule has 0 atom stereocenters. The molecule has 0 aliphatic rings.